The Bertz CT molecular complexity index is 181. The van der Waals surface area contributed by atoms with Crippen LogP contribution in [0.15, 0.2) is 0 Å². The van der Waals surface area contributed by atoms with E-state index >= 15 is 0 Å². The van der Waals surface area contributed by atoms with E-state index < -0.39 is 5.38 Å². The van der Waals surface area contributed by atoms with Crippen molar-refractivity contribution in [2.24, 2.45) is 0 Å². The van der Waals surface area contributed by atoms with E-state index in [9.17, 15) is 0 Å². The monoisotopic (exact) mass is 645 g/mol. The van der Waals surface area contributed by atoms with Crippen LogP contribution in [-0.2, 0) is 0 Å². The van der Waals surface area contributed by atoms with Crippen molar-refractivity contribution in [1.29, 1.82) is 0 Å². The molecular formula is C7H9Br7. The van der Waals surface area contributed by atoms with Crippen LogP contribution in [0.2, 0.25) is 0 Å². The summed E-state index contributed by atoms with van der Waals surface area (Å²) < 4.78 is -1.10. The zero-order valence-corrected chi connectivity index (χ0v) is 18.4. The van der Waals surface area contributed by atoms with Gasteiger partial charge in [-0.25, -0.2) is 0 Å². The highest BCUT2D eigenvalue weighted by Crippen LogP contribution is 2.63. The fourth-order valence-electron chi connectivity index (χ4n) is 0.763. The summed E-state index contributed by atoms with van der Waals surface area (Å²) in [4.78, 5) is 0. The first-order valence-corrected chi connectivity index (χ1v) is 9.43. The molecule has 0 unspecified atom stereocenters. The molecule has 0 bridgehead atoms. The summed E-state index contributed by atoms with van der Waals surface area (Å²) in [7, 11) is 0. The summed E-state index contributed by atoms with van der Waals surface area (Å²) in [6.07, 6.45) is 3.29. The lowest BCUT2D eigenvalue weighted by atomic mass is 10.2. The highest BCUT2D eigenvalue weighted by atomic mass is 80.0. The van der Waals surface area contributed by atoms with Gasteiger partial charge in [0.25, 0.3) is 0 Å². The van der Waals surface area contributed by atoms with Crippen LogP contribution in [0.25, 0.3) is 0 Å². The Morgan fingerprint density at radius 3 is 1.57 bits per heavy atom. The van der Waals surface area contributed by atoms with E-state index in [0.717, 1.165) is 19.3 Å². The second kappa shape index (κ2) is 6.50. The molecule has 0 nitrogen and oxygen atoms in total. The fraction of sp³-hybridized carbons (Fsp3) is 1.00. The van der Waals surface area contributed by atoms with E-state index in [4.69, 9.17) is 0 Å². The lowest BCUT2D eigenvalue weighted by Crippen LogP contribution is -2.44. The Kier molecular flexibility index (Phi) is 8.07. The third-order valence-electron chi connectivity index (χ3n) is 1.66. The second-order valence-corrected chi connectivity index (χ2v) is 16.9. The number of hydrogen-bond acceptors (Lipinski definition) is 0. The molecule has 0 radical (unpaired) electrons. The summed E-state index contributed by atoms with van der Waals surface area (Å²) in [5.41, 5.74) is 0. The van der Waals surface area contributed by atoms with Gasteiger partial charge in [0.1, 0.15) is 6.47 Å². The predicted molar refractivity (Wildman–Crippen MR) is 90.2 cm³/mol. The molecule has 0 saturated heterocycles. The maximum absolute atomic E-state index is 3.67. The number of halogens is 7. The lowest BCUT2D eigenvalue weighted by molar-refractivity contribution is 0.646. The topological polar surface area (TPSA) is 0 Å². The maximum Gasteiger partial charge on any atom is 0.162 e. The normalized spacial score (nSPS) is 14.6. The average molecular weight is 652 g/mol. The minimum atomic E-state index is -0.444. The number of unbranched alkanes of at least 4 members (excludes halogenated alkanes) is 1. The van der Waals surface area contributed by atoms with Crippen molar-refractivity contribution in [3.63, 3.8) is 0 Å². The van der Waals surface area contributed by atoms with E-state index in [-0.39, 0.29) is 3.23 Å². The molecule has 0 aliphatic heterocycles. The number of hydrogen-bond donors (Lipinski definition) is 0. The van der Waals surface area contributed by atoms with E-state index in [2.05, 4.69) is 118 Å². The third kappa shape index (κ3) is 4.56. The minimum absolute atomic E-state index is 0.250. The van der Waals surface area contributed by atoms with Gasteiger partial charge in [-0.05, 0) is 6.42 Å². The van der Waals surface area contributed by atoms with Crippen LogP contribution < -0.4 is 0 Å². The number of rotatable bonds is 4. The average Bonchev–Trinajstić information content (AvgIpc) is 1.98. The smallest absolute Gasteiger partial charge is 0.0701 e. The van der Waals surface area contributed by atoms with E-state index in [0.29, 0.717) is 0 Å². The van der Waals surface area contributed by atoms with Crippen LogP contribution in [-0.4, -0.2) is 8.61 Å². The Hall–Kier alpha value is 3.36. The maximum atomic E-state index is 3.67. The molecule has 0 amide bonds. The molecule has 0 heterocycles. The molecule has 0 atom stereocenters. The van der Waals surface area contributed by atoms with Crippen LogP contribution >= 0.6 is 112 Å². The predicted octanol–water partition coefficient (Wildman–Crippen LogP) is 6.99. The van der Waals surface area contributed by atoms with Crippen LogP contribution in [0.1, 0.15) is 26.2 Å². The van der Waals surface area contributed by atoms with Gasteiger partial charge in [0.05, 0.1) is 0 Å². The molecule has 0 spiro atoms. The van der Waals surface area contributed by atoms with Gasteiger partial charge in [0.2, 0.25) is 0 Å². The van der Waals surface area contributed by atoms with E-state index in [1.165, 1.54) is 0 Å². The van der Waals surface area contributed by atoms with Crippen molar-refractivity contribution < 1.29 is 0 Å². The molecule has 0 aliphatic carbocycles. The van der Waals surface area contributed by atoms with Gasteiger partial charge >= 0.3 is 0 Å². The van der Waals surface area contributed by atoms with E-state index in [1.807, 2.05) is 0 Å². The molecule has 0 aromatic rings. The molecule has 0 aromatic heterocycles. The van der Waals surface area contributed by atoms with Gasteiger partial charge in [-0.15, -0.1) is 0 Å². The Morgan fingerprint density at radius 2 is 1.29 bits per heavy atom. The highest BCUT2D eigenvalue weighted by Gasteiger charge is 2.55. The van der Waals surface area contributed by atoms with Crippen molar-refractivity contribution in [3.05, 3.63) is 0 Å². The van der Waals surface area contributed by atoms with Crippen molar-refractivity contribution in [2.45, 2.75) is 34.8 Å². The SMILES string of the molecule is CCCCC(Br)(Br)C(Br)(Br)C(Br)(Br)Br. The fourth-order valence-corrected chi connectivity index (χ4v) is 4.93. The summed E-state index contributed by atoms with van der Waals surface area (Å²) in [6, 6.07) is 0. The molecule has 0 aromatic carbocycles. The van der Waals surface area contributed by atoms with Gasteiger partial charge in [0.15, 0.2) is 2.14 Å². The molecule has 0 fully saturated rings. The molecule has 14 heavy (non-hydrogen) atoms. The summed E-state index contributed by atoms with van der Waals surface area (Å²) >= 11 is 25.1. The quantitative estimate of drug-likeness (QED) is 0.288. The summed E-state index contributed by atoms with van der Waals surface area (Å²) in [5.74, 6) is 0. The molecule has 0 aliphatic rings. The minimum Gasteiger partial charge on any atom is -0.0701 e. The lowest BCUT2D eigenvalue weighted by Gasteiger charge is -2.40. The molecular weight excluding hydrogens is 643 g/mol. The first kappa shape index (κ1) is 17.4. The van der Waals surface area contributed by atoms with Gasteiger partial charge in [-0.2, -0.15) is 0 Å². The molecule has 0 rings (SSSR count). The van der Waals surface area contributed by atoms with Gasteiger partial charge < -0.3 is 0 Å². The van der Waals surface area contributed by atoms with Crippen molar-refractivity contribution in [2.75, 3.05) is 0 Å². The summed E-state index contributed by atoms with van der Waals surface area (Å²) in [5, 5.41) is 0. The zero-order chi connectivity index (χ0) is 11.6. The Morgan fingerprint density at radius 1 is 0.857 bits per heavy atom. The summed E-state index contributed by atoms with van der Waals surface area (Å²) in [6.45, 7) is 2.17. The first-order valence-electron chi connectivity index (χ1n) is 3.88. The largest absolute Gasteiger partial charge is 0.162 e. The van der Waals surface area contributed by atoms with Crippen LogP contribution in [0.4, 0.5) is 0 Å². The van der Waals surface area contributed by atoms with Gasteiger partial charge in [-0.3, -0.25) is 0 Å². The van der Waals surface area contributed by atoms with Gasteiger partial charge in [-0.1, -0.05) is 131 Å². The Labute approximate surface area is 144 Å². The van der Waals surface area contributed by atoms with Crippen molar-refractivity contribution >= 4 is 112 Å². The van der Waals surface area contributed by atoms with Crippen molar-refractivity contribution in [1.82, 2.24) is 0 Å². The van der Waals surface area contributed by atoms with Crippen LogP contribution in [0.3, 0.4) is 0 Å². The molecule has 0 N–H and O–H groups in total. The molecule has 86 valence electrons. The second-order valence-electron chi connectivity index (χ2n) is 2.88. The van der Waals surface area contributed by atoms with E-state index in [1.54, 1.807) is 0 Å². The standard InChI is InChI=1S/C7H9Br7/c1-2-3-4-5(8,9)6(10,11)7(12,13)14/h2-4H2,1H3. The van der Waals surface area contributed by atoms with Gasteiger partial charge in [0, 0.05) is 0 Å². The Balaban J connectivity index is 4.69. The molecule has 0 saturated carbocycles. The van der Waals surface area contributed by atoms with Crippen molar-refractivity contribution in [3.8, 4) is 0 Å². The third-order valence-corrected chi connectivity index (χ3v) is 13.3. The molecule has 7 heteroatoms. The number of alkyl halides is 7. The van der Waals surface area contributed by atoms with Crippen LogP contribution in [0, 0.1) is 0 Å². The first-order chi connectivity index (χ1) is 6.06. The van der Waals surface area contributed by atoms with Crippen LogP contribution in [0.5, 0.6) is 0 Å². The zero-order valence-electron chi connectivity index (χ0n) is 7.27. The highest BCUT2D eigenvalue weighted by molar-refractivity contribution is 9.42.